The third-order valence-electron chi connectivity index (χ3n) is 8.20. The van der Waals surface area contributed by atoms with Crippen LogP contribution in [0.1, 0.15) is 68.9 Å². The maximum Gasteiger partial charge on any atom is 0.216 e. The first-order valence-electron chi connectivity index (χ1n) is 12.8. The van der Waals surface area contributed by atoms with Gasteiger partial charge in [-0.15, -0.1) is 0 Å². The third kappa shape index (κ3) is 3.27. The molecule has 2 saturated carbocycles. The lowest BCUT2D eigenvalue weighted by Gasteiger charge is -2.39. The van der Waals surface area contributed by atoms with Crippen molar-refractivity contribution in [1.29, 1.82) is 5.26 Å². The zero-order valence-corrected chi connectivity index (χ0v) is 19.5. The summed E-state index contributed by atoms with van der Waals surface area (Å²) in [7, 11) is 2.05. The van der Waals surface area contributed by atoms with E-state index >= 15 is 0 Å². The van der Waals surface area contributed by atoms with Crippen molar-refractivity contribution >= 4 is 21.9 Å². The zero-order chi connectivity index (χ0) is 23.4. The number of hydrogen-bond donors (Lipinski definition) is 0. The number of fused-ring (bicyclic) bond motifs is 4. The Morgan fingerprint density at radius 1 is 0.970 bits per heavy atom. The molecule has 0 amide bonds. The molecule has 33 heavy (non-hydrogen) atoms. The van der Waals surface area contributed by atoms with Crippen LogP contribution in [0, 0.1) is 30.1 Å². The second-order valence-corrected chi connectivity index (χ2v) is 10.1. The molecule has 0 saturated heterocycles. The van der Waals surface area contributed by atoms with Gasteiger partial charge >= 0.3 is 0 Å². The largest absolute Gasteiger partial charge is 0.455 e. The van der Waals surface area contributed by atoms with Crippen molar-refractivity contribution in [3.05, 3.63) is 65.4 Å². The van der Waals surface area contributed by atoms with Gasteiger partial charge in [-0.25, -0.2) is 4.57 Å². The Bertz CT molecular complexity index is 1460. The first-order valence-corrected chi connectivity index (χ1v) is 12.3. The summed E-state index contributed by atoms with van der Waals surface area (Å²) in [4.78, 5) is 0. The molecule has 2 fully saturated rings. The first kappa shape index (κ1) is 19.4. The van der Waals surface area contributed by atoms with E-state index in [2.05, 4.69) is 55.1 Å². The molecule has 0 aliphatic heterocycles. The van der Waals surface area contributed by atoms with E-state index in [1.807, 2.05) is 18.2 Å². The van der Waals surface area contributed by atoms with Crippen molar-refractivity contribution in [3.63, 3.8) is 0 Å². The van der Waals surface area contributed by atoms with E-state index in [0.29, 0.717) is 11.5 Å². The van der Waals surface area contributed by atoms with Crippen LogP contribution in [-0.2, 0) is 7.05 Å². The molecule has 4 aromatic rings. The van der Waals surface area contributed by atoms with Gasteiger partial charge in [-0.3, -0.25) is 0 Å². The molecule has 0 spiro atoms. The summed E-state index contributed by atoms with van der Waals surface area (Å²) < 4.78 is 18.5. The SMILES string of the molecule is [2H]C1(c2c(C#N)ccc3c2oc2c(-c4cccc[n+]4C)c(C)ccc23)CCC2CCCCC2C1. The van der Waals surface area contributed by atoms with Crippen LogP contribution in [-0.4, -0.2) is 0 Å². The number of rotatable bonds is 2. The quantitative estimate of drug-likeness (QED) is 0.309. The van der Waals surface area contributed by atoms with Crippen LogP contribution < -0.4 is 4.57 Å². The smallest absolute Gasteiger partial charge is 0.216 e. The van der Waals surface area contributed by atoms with Crippen LogP contribution in [0.3, 0.4) is 0 Å². The van der Waals surface area contributed by atoms with Crippen LogP contribution in [0.15, 0.2) is 53.1 Å². The van der Waals surface area contributed by atoms with E-state index in [1.54, 1.807) is 0 Å². The van der Waals surface area contributed by atoms with Crippen LogP contribution >= 0.6 is 0 Å². The van der Waals surface area contributed by atoms with Gasteiger partial charge in [-0.05, 0) is 67.7 Å². The van der Waals surface area contributed by atoms with Crippen molar-refractivity contribution in [2.45, 2.75) is 57.8 Å². The highest BCUT2D eigenvalue weighted by Crippen LogP contribution is 2.49. The third-order valence-corrected chi connectivity index (χ3v) is 8.20. The highest BCUT2D eigenvalue weighted by molar-refractivity contribution is 6.11. The van der Waals surface area contributed by atoms with E-state index in [4.69, 9.17) is 4.42 Å². The number of aromatic nitrogens is 1. The predicted octanol–water partition coefficient (Wildman–Crippen LogP) is 7.33. The van der Waals surface area contributed by atoms with Crippen molar-refractivity contribution in [1.82, 2.24) is 0 Å². The molecular formula is C30H31N2O+. The van der Waals surface area contributed by atoms with Gasteiger partial charge in [0.1, 0.15) is 18.2 Å². The molecular weight excluding hydrogens is 404 g/mol. The van der Waals surface area contributed by atoms with Crippen LogP contribution in [0.5, 0.6) is 0 Å². The molecule has 0 bridgehead atoms. The number of nitriles is 1. The van der Waals surface area contributed by atoms with Gasteiger partial charge in [0.05, 0.1) is 17.2 Å². The molecule has 3 heteroatoms. The summed E-state index contributed by atoms with van der Waals surface area (Å²) in [5, 5.41) is 12.1. The van der Waals surface area contributed by atoms with E-state index in [9.17, 15) is 6.63 Å². The molecule has 6 rings (SSSR count). The van der Waals surface area contributed by atoms with Gasteiger partial charge in [0.2, 0.25) is 5.69 Å². The van der Waals surface area contributed by atoms with Crippen molar-refractivity contribution in [3.8, 4) is 17.3 Å². The van der Waals surface area contributed by atoms with Crippen LogP contribution in [0.2, 0.25) is 0 Å². The van der Waals surface area contributed by atoms with Gasteiger partial charge in [0, 0.05) is 29.8 Å². The first-order chi connectivity index (χ1) is 16.5. The Kier molecular flexibility index (Phi) is 4.71. The molecule has 3 unspecified atom stereocenters. The van der Waals surface area contributed by atoms with Crippen molar-refractivity contribution in [2.24, 2.45) is 18.9 Å². The van der Waals surface area contributed by atoms with Gasteiger partial charge in [0.25, 0.3) is 0 Å². The number of furan rings is 1. The number of benzene rings is 2. The Hall–Kier alpha value is -3.12. The van der Waals surface area contributed by atoms with Crippen molar-refractivity contribution in [2.75, 3.05) is 0 Å². The van der Waals surface area contributed by atoms with Gasteiger partial charge in [-0.1, -0.05) is 37.8 Å². The molecule has 3 atom stereocenters. The normalized spacial score (nSPS) is 25.5. The lowest BCUT2D eigenvalue weighted by atomic mass is 9.66. The lowest BCUT2D eigenvalue weighted by molar-refractivity contribution is -0.660. The molecule has 0 N–H and O–H groups in total. The lowest BCUT2D eigenvalue weighted by Crippen LogP contribution is -2.30. The number of pyridine rings is 1. The van der Waals surface area contributed by atoms with E-state index in [-0.39, 0.29) is 0 Å². The highest BCUT2D eigenvalue weighted by Gasteiger charge is 2.35. The van der Waals surface area contributed by atoms with E-state index < -0.39 is 5.89 Å². The molecule has 2 aliphatic rings. The second-order valence-electron chi connectivity index (χ2n) is 10.1. The predicted molar refractivity (Wildman–Crippen MR) is 132 cm³/mol. The van der Waals surface area contributed by atoms with Crippen LogP contribution in [0.25, 0.3) is 33.2 Å². The van der Waals surface area contributed by atoms with Gasteiger partial charge < -0.3 is 4.42 Å². The Balaban J connectivity index is 1.61. The summed E-state index contributed by atoms with van der Waals surface area (Å²) in [6, 6.07) is 16.8. The fourth-order valence-electron chi connectivity index (χ4n) is 6.49. The zero-order valence-electron chi connectivity index (χ0n) is 20.5. The van der Waals surface area contributed by atoms with E-state index in [1.165, 1.54) is 25.7 Å². The molecule has 2 heterocycles. The molecule has 2 aromatic carbocycles. The summed E-state index contributed by atoms with van der Waals surface area (Å²) in [5.74, 6) is 0.566. The summed E-state index contributed by atoms with van der Waals surface area (Å²) >= 11 is 0. The number of aryl methyl sites for hydroxylation is 2. The average Bonchev–Trinajstić information content (AvgIpc) is 3.22. The summed E-state index contributed by atoms with van der Waals surface area (Å²) in [6.07, 6.45) is 9.90. The summed E-state index contributed by atoms with van der Waals surface area (Å²) in [5.41, 5.74) is 6.32. The fraction of sp³-hybridized carbons (Fsp3) is 0.400. The average molecular weight is 437 g/mol. The maximum atomic E-state index is 10.1. The molecule has 0 radical (unpaired) electrons. The van der Waals surface area contributed by atoms with Gasteiger partial charge in [-0.2, -0.15) is 5.26 Å². The Morgan fingerprint density at radius 2 is 1.76 bits per heavy atom. The monoisotopic (exact) mass is 436 g/mol. The molecule has 2 aliphatic carbocycles. The Morgan fingerprint density at radius 3 is 2.58 bits per heavy atom. The van der Waals surface area contributed by atoms with E-state index in [0.717, 1.165) is 69.5 Å². The summed E-state index contributed by atoms with van der Waals surface area (Å²) in [6.45, 7) is 2.12. The number of nitrogens with zero attached hydrogens (tertiary/aromatic N) is 2. The fourth-order valence-corrected chi connectivity index (χ4v) is 6.49. The highest BCUT2D eigenvalue weighted by atomic mass is 16.3. The minimum Gasteiger partial charge on any atom is -0.455 e. The van der Waals surface area contributed by atoms with Crippen LogP contribution in [0.4, 0.5) is 0 Å². The molecule has 3 nitrogen and oxygen atoms in total. The Labute approximate surface area is 197 Å². The minimum atomic E-state index is -0.774. The standard InChI is InChI=1S/C30H31N2O/c1-19-10-14-24-25-15-13-23(18-31)28(22-12-11-20-7-3-4-8-21(20)17-22)30(25)33-29(24)27(19)26-9-5-6-16-32(26)2/h5-6,9-10,13-16,20-22H,3-4,7-8,11-12,17H2,1-2H3/q+1/i22D. The van der Waals surface area contributed by atoms with Gasteiger partial charge in [0.15, 0.2) is 6.20 Å². The maximum absolute atomic E-state index is 10.1. The number of hydrogen-bond acceptors (Lipinski definition) is 2. The molecule has 2 aromatic heterocycles. The molecule has 166 valence electrons. The topological polar surface area (TPSA) is 40.8 Å². The minimum absolute atomic E-state index is 0.590. The van der Waals surface area contributed by atoms with Crippen molar-refractivity contribution < 1.29 is 10.4 Å². The second kappa shape index (κ2) is 8.03.